The SMILES string of the molecule is Cc1cc(OCC(C)(O)C(C)C)ccc1[N+](=O)[O-]. The maximum Gasteiger partial charge on any atom is 0.272 e. The van der Waals surface area contributed by atoms with Crippen molar-refractivity contribution < 1.29 is 14.8 Å². The molecule has 0 aliphatic rings. The van der Waals surface area contributed by atoms with Gasteiger partial charge in [0, 0.05) is 11.6 Å². The lowest BCUT2D eigenvalue weighted by Crippen LogP contribution is -2.37. The fourth-order valence-electron chi connectivity index (χ4n) is 1.32. The Labute approximate surface area is 107 Å². The molecule has 0 aliphatic carbocycles. The summed E-state index contributed by atoms with van der Waals surface area (Å²) >= 11 is 0. The molecular formula is C13H19NO4. The van der Waals surface area contributed by atoms with Crippen LogP contribution in [0.25, 0.3) is 0 Å². The van der Waals surface area contributed by atoms with Crippen LogP contribution in [-0.4, -0.2) is 22.2 Å². The highest BCUT2D eigenvalue weighted by molar-refractivity contribution is 5.44. The normalized spacial score (nSPS) is 14.3. The van der Waals surface area contributed by atoms with Gasteiger partial charge in [-0.15, -0.1) is 0 Å². The maximum absolute atomic E-state index is 10.7. The summed E-state index contributed by atoms with van der Waals surface area (Å²) in [5.74, 6) is 0.593. The van der Waals surface area contributed by atoms with Crippen LogP contribution in [0.4, 0.5) is 5.69 Å². The highest BCUT2D eigenvalue weighted by Gasteiger charge is 2.26. The minimum Gasteiger partial charge on any atom is -0.491 e. The van der Waals surface area contributed by atoms with Crippen molar-refractivity contribution in [3.05, 3.63) is 33.9 Å². The molecule has 1 unspecified atom stereocenters. The number of aliphatic hydroxyl groups is 1. The molecule has 0 aromatic heterocycles. The zero-order valence-electron chi connectivity index (χ0n) is 11.1. The molecule has 1 atom stereocenters. The highest BCUT2D eigenvalue weighted by Crippen LogP contribution is 2.24. The van der Waals surface area contributed by atoms with Gasteiger partial charge in [0.05, 0.1) is 10.5 Å². The Bertz CT molecular complexity index is 441. The van der Waals surface area contributed by atoms with E-state index in [1.165, 1.54) is 6.07 Å². The standard InChI is InChI=1S/C13H19NO4/c1-9(2)13(4,15)8-18-11-5-6-12(14(16)17)10(3)7-11/h5-7,9,15H,8H2,1-4H3. The van der Waals surface area contributed by atoms with Crippen molar-refractivity contribution in [3.8, 4) is 5.75 Å². The average Bonchev–Trinajstić information content (AvgIpc) is 2.25. The summed E-state index contributed by atoms with van der Waals surface area (Å²) in [6.07, 6.45) is 0. The summed E-state index contributed by atoms with van der Waals surface area (Å²) < 4.78 is 5.48. The second-order valence-electron chi connectivity index (χ2n) is 5.01. The molecule has 18 heavy (non-hydrogen) atoms. The second kappa shape index (κ2) is 5.35. The predicted molar refractivity (Wildman–Crippen MR) is 68.8 cm³/mol. The quantitative estimate of drug-likeness (QED) is 0.646. The summed E-state index contributed by atoms with van der Waals surface area (Å²) in [5, 5.41) is 20.7. The molecule has 0 spiro atoms. The largest absolute Gasteiger partial charge is 0.491 e. The van der Waals surface area contributed by atoms with Gasteiger partial charge in [0.1, 0.15) is 12.4 Å². The van der Waals surface area contributed by atoms with E-state index in [4.69, 9.17) is 4.74 Å². The van der Waals surface area contributed by atoms with Gasteiger partial charge in [0.15, 0.2) is 0 Å². The molecule has 1 aromatic carbocycles. The van der Waals surface area contributed by atoms with Crippen LogP contribution in [0.1, 0.15) is 26.3 Å². The lowest BCUT2D eigenvalue weighted by Gasteiger charge is -2.27. The van der Waals surface area contributed by atoms with E-state index in [1.54, 1.807) is 26.0 Å². The van der Waals surface area contributed by atoms with Crippen molar-refractivity contribution in [1.29, 1.82) is 0 Å². The van der Waals surface area contributed by atoms with Crippen LogP contribution in [0, 0.1) is 23.0 Å². The lowest BCUT2D eigenvalue weighted by molar-refractivity contribution is -0.385. The number of hydrogen-bond acceptors (Lipinski definition) is 4. The minimum absolute atomic E-state index is 0.0663. The number of nitrogens with zero attached hydrogens (tertiary/aromatic N) is 1. The Morgan fingerprint density at radius 3 is 2.56 bits per heavy atom. The van der Waals surface area contributed by atoms with Crippen LogP contribution in [0.3, 0.4) is 0 Å². The van der Waals surface area contributed by atoms with Gasteiger partial charge in [-0.2, -0.15) is 0 Å². The molecule has 5 nitrogen and oxygen atoms in total. The number of rotatable bonds is 5. The molecule has 1 rings (SSSR count). The van der Waals surface area contributed by atoms with Crippen LogP contribution in [0.2, 0.25) is 0 Å². The van der Waals surface area contributed by atoms with Crippen molar-refractivity contribution in [1.82, 2.24) is 0 Å². The van der Waals surface area contributed by atoms with Gasteiger partial charge in [-0.25, -0.2) is 0 Å². The summed E-state index contributed by atoms with van der Waals surface area (Å²) in [6, 6.07) is 4.56. The Morgan fingerprint density at radius 2 is 2.11 bits per heavy atom. The summed E-state index contributed by atoms with van der Waals surface area (Å²) in [6.45, 7) is 7.33. The molecule has 0 heterocycles. The Balaban J connectivity index is 2.76. The maximum atomic E-state index is 10.7. The van der Waals surface area contributed by atoms with E-state index in [0.29, 0.717) is 11.3 Å². The van der Waals surface area contributed by atoms with Crippen molar-refractivity contribution in [2.45, 2.75) is 33.3 Å². The van der Waals surface area contributed by atoms with Gasteiger partial charge in [-0.1, -0.05) is 13.8 Å². The number of nitro benzene ring substituents is 1. The van der Waals surface area contributed by atoms with Crippen molar-refractivity contribution >= 4 is 5.69 Å². The number of nitro groups is 1. The molecule has 1 aromatic rings. The minimum atomic E-state index is -0.921. The van der Waals surface area contributed by atoms with Gasteiger partial charge in [-0.3, -0.25) is 10.1 Å². The summed E-state index contributed by atoms with van der Waals surface area (Å²) in [4.78, 5) is 10.2. The number of benzene rings is 1. The molecule has 0 saturated carbocycles. The zero-order chi connectivity index (χ0) is 13.9. The van der Waals surface area contributed by atoms with E-state index in [1.807, 2.05) is 13.8 Å². The van der Waals surface area contributed by atoms with Crippen LogP contribution >= 0.6 is 0 Å². The molecule has 0 radical (unpaired) electrons. The van der Waals surface area contributed by atoms with Crippen LogP contribution in [-0.2, 0) is 0 Å². The molecule has 1 N–H and O–H groups in total. The van der Waals surface area contributed by atoms with Gasteiger partial charge in [0.2, 0.25) is 0 Å². The molecule has 0 aliphatic heterocycles. The first-order valence-electron chi connectivity index (χ1n) is 5.84. The first-order chi connectivity index (χ1) is 8.24. The fraction of sp³-hybridized carbons (Fsp3) is 0.538. The third-order valence-electron chi connectivity index (χ3n) is 3.14. The molecule has 0 fully saturated rings. The Hall–Kier alpha value is -1.62. The van der Waals surface area contributed by atoms with Crippen LogP contribution in [0.5, 0.6) is 5.75 Å². The molecule has 5 heteroatoms. The lowest BCUT2D eigenvalue weighted by atomic mass is 9.94. The highest BCUT2D eigenvalue weighted by atomic mass is 16.6. The van der Waals surface area contributed by atoms with Crippen LogP contribution in [0.15, 0.2) is 18.2 Å². The molecular weight excluding hydrogens is 234 g/mol. The van der Waals surface area contributed by atoms with E-state index in [-0.39, 0.29) is 18.2 Å². The summed E-state index contributed by atoms with van der Waals surface area (Å²) in [7, 11) is 0. The van der Waals surface area contributed by atoms with Crippen molar-refractivity contribution in [2.75, 3.05) is 6.61 Å². The predicted octanol–water partition coefficient (Wildman–Crippen LogP) is 2.69. The molecule has 0 amide bonds. The Kier molecular flexibility index (Phi) is 4.29. The van der Waals surface area contributed by atoms with Crippen molar-refractivity contribution in [3.63, 3.8) is 0 Å². The van der Waals surface area contributed by atoms with Gasteiger partial charge in [0.25, 0.3) is 5.69 Å². The number of ether oxygens (including phenoxy) is 1. The van der Waals surface area contributed by atoms with Gasteiger partial charge in [-0.05, 0) is 31.9 Å². The molecule has 100 valence electrons. The average molecular weight is 253 g/mol. The third-order valence-corrected chi connectivity index (χ3v) is 3.14. The van der Waals surface area contributed by atoms with E-state index >= 15 is 0 Å². The third kappa shape index (κ3) is 3.43. The van der Waals surface area contributed by atoms with Crippen molar-refractivity contribution in [2.24, 2.45) is 5.92 Å². The smallest absolute Gasteiger partial charge is 0.272 e. The monoisotopic (exact) mass is 253 g/mol. The molecule has 0 bridgehead atoms. The number of aryl methyl sites for hydroxylation is 1. The van der Waals surface area contributed by atoms with Crippen LogP contribution < -0.4 is 4.74 Å². The Morgan fingerprint density at radius 1 is 1.50 bits per heavy atom. The topological polar surface area (TPSA) is 72.6 Å². The fourth-order valence-corrected chi connectivity index (χ4v) is 1.32. The van der Waals surface area contributed by atoms with E-state index < -0.39 is 10.5 Å². The van der Waals surface area contributed by atoms with Gasteiger partial charge >= 0.3 is 0 Å². The van der Waals surface area contributed by atoms with E-state index in [9.17, 15) is 15.2 Å². The first-order valence-corrected chi connectivity index (χ1v) is 5.84. The van der Waals surface area contributed by atoms with E-state index in [0.717, 1.165) is 0 Å². The van der Waals surface area contributed by atoms with Gasteiger partial charge < -0.3 is 9.84 Å². The zero-order valence-corrected chi connectivity index (χ0v) is 11.1. The summed E-state index contributed by atoms with van der Waals surface area (Å²) in [5.41, 5.74) is -0.310. The molecule has 0 saturated heterocycles. The number of hydrogen-bond donors (Lipinski definition) is 1. The second-order valence-corrected chi connectivity index (χ2v) is 5.01. The van der Waals surface area contributed by atoms with E-state index in [2.05, 4.69) is 0 Å². The first kappa shape index (κ1) is 14.4.